The Bertz CT molecular complexity index is 628. The van der Waals surface area contributed by atoms with Crippen LogP contribution in [0.25, 0.3) is 11.4 Å². The van der Waals surface area contributed by atoms with Crippen LogP contribution in [0.3, 0.4) is 0 Å². The van der Waals surface area contributed by atoms with Crippen LogP contribution in [0.2, 0.25) is 0 Å². The van der Waals surface area contributed by atoms with Crippen molar-refractivity contribution in [2.75, 3.05) is 30.8 Å². The first kappa shape index (κ1) is 12.9. The number of aromatic nitrogens is 4. The number of nitrogens with two attached hydrogens (primary N) is 1. The smallest absolute Gasteiger partial charge is 0.222 e. The van der Waals surface area contributed by atoms with Gasteiger partial charge in [0, 0.05) is 38.4 Å². The molecule has 1 fully saturated rings. The van der Waals surface area contributed by atoms with E-state index in [1.54, 1.807) is 4.68 Å². The van der Waals surface area contributed by atoms with Crippen molar-refractivity contribution in [2.45, 2.75) is 13.0 Å². The number of likely N-dealkylation sites (N-methyl/N-ethyl adjacent to an activating group) is 1. The molecule has 1 aliphatic heterocycles. The molecule has 0 bridgehead atoms. The van der Waals surface area contributed by atoms with Crippen LogP contribution in [0, 0.1) is 6.92 Å². The minimum atomic E-state index is 0.287. The van der Waals surface area contributed by atoms with Gasteiger partial charge in [0.15, 0.2) is 0 Å². The molecule has 2 aromatic rings. The van der Waals surface area contributed by atoms with E-state index in [2.05, 4.69) is 25.3 Å². The van der Waals surface area contributed by atoms with E-state index in [4.69, 9.17) is 5.73 Å². The Kier molecular flexibility index (Phi) is 3.06. The maximum atomic E-state index is 5.84. The Balaban J connectivity index is 1.93. The van der Waals surface area contributed by atoms with Crippen LogP contribution in [0.4, 0.5) is 11.8 Å². The molecule has 0 spiro atoms. The predicted molar refractivity (Wildman–Crippen MR) is 78.4 cm³/mol. The van der Waals surface area contributed by atoms with Crippen LogP contribution in [0.1, 0.15) is 5.56 Å². The molecule has 7 nitrogen and oxygen atoms in total. The van der Waals surface area contributed by atoms with Gasteiger partial charge in [0.2, 0.25) is 5.95 Å². The molecule has 0 unspecified atom stereocenters. The van der Waals surface area contributed by atoms with Crippen molar-refractivity contribution in [3.05, 3.63) is 17.8 Å². The molecular formula is C13H19N7. The van der Waals surface area contributed by atoms with Crippen LogP contribution in [-0.4, -0.2) is 45.9 Å². The number of aryl methyl sites for hydroxylation is 2. The Morgan fingerprint density at radius 1 is 1.35 bits per heavy atom. The van der Waals surface area contributed by atoms with E-state index in [0.29, 0.717) is 6.04 Å². The molecule has 0 amide bonds. The molecule has 3 N–H and O–H groups in total. The van der Waals surface area contributed by atoms with Gasteiger partial charge >= 0.3 is 0 Å². The van der Waals surface area contributed by atoms with Gasteiger partial charge in [-0.1, -0.05) is 0 Å². The number of nitrogens with zero attached hydrogens (tertiary/aromatic N) is 5. The molecule has 3 heterocycles. The second-order valence-corrected chi connectivity index (χ2v) is 5.19. The third-order valence-electron chi connectivity index (χ3n) is 3.60. The van der Waals surface area contributed by atoms with E-state index in [0.717, 1.165) is 35.9 Å². The standard InChI is InChI=1S/C13H19N7/c1-8-5-19(3)18-12(8)10-4-11(17-13(14)16-10)20-6-9(7-20)15-2/h4-5,9,15H,6-7H2,1-3H3,(H2,14,16,17). The van der Waals surface area contributed by atoms with Crippen LogP contribution in [-0.2, 0) is 7.05 Å². The fraction of sp³-hybridized carbons (Fsp3) is 0.462. The SMILES string of the molecule is CNC1CN(c2cc(-c3nn(C)cc3C)nc(N)n2)C1. The van der Waals surface area contributed by atoms with Crippen molar-refractivity contribution in [1.82, 2.24) is 25.1 Å². The summed E-state index contributed by atoms with van der Waals surface area (Å²) < 4.78 is 1.78. The van der Waals surface area contributed by atoms with Gasteiger partial charge in [-0.2, -0.15) is 10.1 Å². The largest absolute Gasteiger partial charge is 0.368 e. The van der Waals surface area contributed by atoms with Gasteiger partial charge in [-0.15, -0.1) is 0 Å². The number of nitrogen functional groups attached to an aromatic ring is 1. The Morgan fingerprint density at radius 2 is 2.10 bits per heavy atom. The number of anilines is 2. The normalized spacial score (nSPS) is 15.4. The quantitative estimate of drug-likeness (QED) is 0.829. The summed E-state index contributed by atoms with van der Waals surface area (Å²) in [7, 11) is 3.87. The summed E-state index contributed by atoms with van der Waals surface area (Å²) in [6.45, 7) is 3.89. The molecule has 7 heteroatoms. The molecule has 1 saturated heterocycles. The van der Waals surface area contributed by atoms with Crippen molar-refractivity contribution in [2.24, 2.45) is 7.05 Å². The van der Waals surface area contributed by atoms with E-state index >= 15 is 0 Å². The number of hydrogen-bond donors (Lipinski definition) is 2. The summed E-state index contributed by atoms with van der Waals surface area (Å²) in [5.41, 5.74) is 8.55. The molecule has 20 heavy (non-hydrogen) atoms. The third-order valence-corrected chi connectivity index (χ3v) is 3.60. The Hall–Kier alpha value is -2.15. The fourth-order valence-electron chi connectivity index (χ4n) is 2.44. The zero-order valence-corrected chi connectivity index (χ0v) is 12.0. The van der Waals surface area contributed by atoms with Crippen molar-refractivity contribution < 1.29 is 0 Å². The first-order valence-electron chi connectivity index (χ1n) is 6.64. The zero-order valence-electron chi connectivity index (χ0n) is 12.0. The first-order chi connectivity index (χ1) is 9.56. The highest BCUT2D eigenvalue weighted by Crippen LogP contribution is 2.26. The Labute approximate surface area is 117 Å². The maximum Gasteiger partial charge on any atom is 0.222 e. The van der Waals surface area contributed by atoms with Crippen LogP contribution in [0.5, 0.6) is 0 Å². The van der Waals surface area contributed by atoms with Crippen LogP contribution < -0.4 is 16.0 Å². The van der Waals surface area contributed by atoms with Gasteiger partial charge in [0.1, 0.15) is 11.5 Å². The highest BCUT2D eigenvalue weighted by Gasteiger charge is 2.27. The van der Waals surface area contributed by atoms with E-state index in [-0.39, 0.29) is 5.95 Å². The first-order valence-corrected chi connectivity index (χ1v) is 6.64. The number of hydrogen-bond acceptors (Lipinski definition) is 6. The average molecular weight is 273 g/mol. The van der Waals surface area contributed by atoms with E-state index < -0.39 is 0 Å². The second kappa shape index (κ2) is 4.75. The minimum Gasteiger partial charge on any atom is -0.368 e. The monoisotopic (exact) mass is 273 g/mol. The van der Waals surface area contributed by atoms with Gasteiger partial charge in [0.05, 0.1) is 5.69 Å². The average Bonchev–Trinajstić information content (AvgIpc) is 2.66. The third kappa shape index (κ3) is 2.20. The predicted octanol–water partition coefficient (Wildman–Crippen LogP) is 0.176. The molecule has 0 radical (unpaired) electrons. The van der Waals surface area contributed by atoms with Gasteiger partial charge in [-0.05, 0) is 19.5 Å². The molecular weight excluding hydrogens is 254 g/mol. The van der Waals surface area contributed by atoms with Crippen molar-refractivity contribution in [1.29, 1.82) is 0 Å². The van der Waals surface area contributed by atoms with Gasteiger partial charge in [0.25, 0.3) is 0 Å². The summed E-state index contributed by atoms with van der Waals surface area (Å²) in [4.78, 5) is 10.8. The topological polar surface area (TPSA) is 84.9 Å². The summed E-state index contributed by atoms with van der Waals surface area (Å²) >= 11 is 0. The molecule has 0 atom stereocenters. The highest BCUT2D eigenvalue weighted by atomic mass is 15.3. The second-order valence-electron chi connectivity index (χ2n) is 5.19. The van der Waals surface area contributed by atoms with Crippen LogP contribution in [0.15, 0.2) is 12.3 Å². The number of nitrogens with one attached hydrogen (secondary N) is 1. The summed E-state index contributed by atoms with van der Waals surface area (Å²) in [5.74, 6) is 1.15. The fourth-order valence-corrected chi connectivity index (χ4v) is 2.44. The summed E-state index contributed by atoms with van der Waals surface area (Å²) in [5, 5.41) is 7.68. The molecule has 2 aromatic heterocycles. The zero-order chi connectivity index (χ0) is 14.3. The van der Waals surface area contributed by atoms with Crippen molar-refractivity contribution in [3.8, 4) is 11.4 Å². The van der Waals surface area contributed by atoms with Crippen molar-refractivity contribution in [3.63, 3.8) is 0 Å². The van der Waals surface area contributed by atoms with Gasteiger partial charge < -0.3 is 16.0 Å². The lowest BCUT2D eigenvalue weighted by Crippen LogP contribution is -2.57. The molecule has 106 valence electrons. The summed E-state index contributed by atoms with van der Waals surface area (Å²) in [6, 6.07) is 2.48. The lowest BCUT2D eigenvalue weighted by atomic mass is 10.1. The molecule has 3 rings (SSSR count). The molecule has 1 aliphatic rings. The maximum absolute atomic E-state index is 5.84. The van der Waals surface area contributed by atoms with Crippen molar-refractivity contribution >= 4 is 11.8 Å². The molecule has 0 aromatic carbocycles. The number of rotatable bonds is 3. The lowest BCUT2D eigenvalue weighted by molar-refractivity contribution is 0.447. The van der Waals surface area contributed by atoms with E-state index in [1.165, 1.54) is 0 Å². The van der Waals surface area contributed by atoms with E-state index in [9.17, 15) is 0 Å². The van der Waals surface area contributed by atoms with Gasteiger partial charge in [-0.3, -0.25) is 4.68 Å². The lowest BCUT2D eigenvalue weighted by Gasteiger charge is -2.40. The highest BCUT2D eigenvalue weighted by molar-refractivity contribution is 5.64. The minimum absolute atomic E-state index is 0.287. The molecule has 0 aliphatic carbocycles. The van der Waals surface area contributed by atoms with Gasteiger partial charge in [-0.25, -0.2) is 4.98 Å². The molecule has 0 saturated carbocycles. The Morgan fingerprint density at radius 3 is 2.70 bits per heavy atom. The van der Waals surface area contributed by atoms with Crippen LogP contribution >= 0.6 is 0 Å². The summed E-state index contributed by atoms with van der Waals surface area (Å²) in [6.07, 6.45) is 1.97. The van der Waals surface area contributed by atoms with E-state index in [1.807, 2.05) is 33.3 Å².